The number of nitrogens with zero attached hydrogens (tertiary/aromatic N) is 5. The lowest BCUT2D eigenvalue weighted by molar-refractivity contribution is -0.145. The summed E-state index contributed by atoms with van der Waals surface area (Å²) in [5.41, 5.74) is -1.52. The highest BCUT2D eigenvalue weighted by molar-refractivity contribution is 7.23. The topological polar surface area (TPSA) is 130 Å². The van der Waals surface area contributed by atoms with Crippen molar-refractivity contribution in [1.29, 1.82) is 5.26 Å². The molecule has 4 aliphatic rings. The fraction of sp³-hybridized carbons (Fsp3) is 0.513. The minimum atomic E-state index is -0.972. The second-order valence-electron chi connectivity index (χ2n) is 16.1. The Morgan fingerprint density at radius 2 is 1.91 bits per heavy atom. The van der Waals surface area contributed by atoms with Crippen LogP contribution in [0.4, 0.5) is 28.8 Å². The number of carbonyl (C=O) groups excluding carboxylic acids is 2. The monoisotopic (exact) mass is 796 g/mol. The third kappa shape index (κ3) is 6.69. The summed E-state index contributed by atoms with van der Waals surface area (Å²) in [6.07, 6.45) is 1.51. The quantitative estimate of drug-likeness (QED) is 0.183. The molecule has 4 aromatic rings. The molecule has 1 aliphatic carbocycles. The number of esters is 1. The molecular formula is C39H40ClF3N6O5S. The SMILES string of the molecule is COC(=O)C1C[C@@H]2CN(c3nc(OC[C@@]45CCCN4C[C@H](F)C5)nc4c(F)c(-c5ccc(F)c6sc(NC(=O)OC(C)(C)C)c(C#N)c56)c(Cl)cc34)C[C@@H]2C1. The zero-order valence-corrected chi connectivity index (χ0v) is 32.4. The van der Waals surface area contributed by atoms with Gasteiger partial charge in [0.05, 0.1) is 33.9 Å². The first-order valence-corrected chi connectivity index (χ1v) is 19.6. The minimum Gasteiger partial charge on any atom is -0.469 e. The number of fused-ring (bicyclic) bond motifs is 4. The molecule has 1 N–H and O–H groups in total. The number of halogens is 4. The van der Waals surface area contributed by atoms with Crippen molar-refractivity contribution < 1.29 is 37.0 Å². The molecule has 0 spiro atoms. The van der Waals surface area contributed by atoms with E-state index in [0.717, 1.165) is 36.8 Å². The van der Waals surface area contributed by atoms with Gasteiger partial charge in [-0.2, -0.15) is 15.2 Å². The van der Waals surface area contributed by atoms with Crippen molar-refractivity contribution in [2.24, 2.45) is 17.8 Å². The molecule has 0 radical (unpaired) electrons. The average Bonchev–Trinajstić information content (AvgIpc) is 3.93. The number of nitrogens with one attached hydrogen (secondary N) is 1. The number of methoxy groups -OCH3 is 1. The zero-order valence-electron chi connectivity index (χ0n) is 30.8. The van der Waals surface area contributed by atoms with E-state index in [-0.39, 0.29) is 78.7 Å². The van der Waals surface area contributed by atoms with E-state index in [2.05, 4.69) is 15.2 Å². The van der Waals surface area contributed by atoms with E-state index in [0.29, 0.717) is 50.1 Å². The van der Waals surface area contributed by atoms with Crippen molar-refractivity contribution in [2.45, 2.75) is 70.2 Å². The van der Waals surface area contributed by atoms with Crippen molar-refractivity contribution in [1.82, 2.24) is 14.9 Å². The van der Waals surface area contributed by atoms with Crippen LogP contribution in [-0.2, 0) is 14.3 Å². The van der Waals surface area contributed by atoms with Crippen LogP contribution in [0.3, 0.4) is 0 Å². The van der Waals surface area contributed by atoms with Gasteiger partial charge in [-0.25, -0.2) is 18.0 Å². The molecule has 3 saturated heterocycles. The molecule has 4 fully saturated rings. The number of thiophene rings is 1. The summed E-state index contributed by atoms with van der Waals surface area (Å²) in [6.45, 7) is 7.38. The molecule has 55 heavy (non-hydrogen) atoms. The van der Waals surface area contributed by atoms with E-state index in [1.54, 1.807) is 26.8 Å². The van der Waals surface area contributed by atoms with Gasteiger partial charge in [0.15, 0.2) is 5.82 Å². The summed E-state index contributed by atoms with van der Waals surface area (Å²) in [4.78, 5) is 38.6. The third-order valence-corrected chi connectivity index (χ3v) is 12.9. The van der Waals surface area contributed by atoms with E-state index in [1.165, 1.54) is 13.2 Å². The predicted octanol–water partition coefficient (Wildman–Crippen LogP) is 8.25. The van der Waals surface area contributed by atoms with Crippen LogP contribution in [0.25, 0.3) is 32.1 Å². The van der Waals surface area contributed by atoms with Gasteiger partial charge < -0.3 is 19.1 Å². The van der Waals surface area contributed by atoms with Gasteiger partial charge in [0.25, 0.3) is 0 Å². The summed E-state index contributed by atoms with van der Waals surface area (Å²) in [7, 11) is 1.39. The minimum absolute atomic E-state index is 0.0139. The Balaban J connectivity index is 1.23. The largest absolute Gasteiger partial charge is 0.469 e. The molecule has 2 aromatic heterocycles. The number of hydrogen-bond donors (Lipinski definition) is 1. The molecule has 11 nitrogen and oxygen atoms in total. The van der Waals surface area contributed by atoms with E-state index in [1.807, 2.05) is 11.0 Å². The van der Waals surface area contributed by atoms with E-state index in [9.17, 15) is 19.2 Å². The number of anilines is 2. The summed E-state index contributed by atoms with van der Waals surface area (Å²) >= 11 is 7.77. The van der Waals surface area contributed by atoms with E-state index in [4.69, 9.17) is 30.8 Å². The molecule has 3 aliphatic heterocycles. The van der Waals surface area contributed by atoms with Crippen LogP contribution in [0.1, 0.15) is 58.4 Å². The molecule has 8 rings (SSSR count). The molecule has 1 unspecified atom stereocenters. The smallest absolute Gasteiger partial charge is 0.412 e. The summed E-state index contributed by atoms with van der Waals surface area (Å²) in [5, 5.41) is 13.2. The molecule has 2 aromatic carbocycles. The van der Waals surface area contributed by atoms with Gasteiger partial charge in [-0.1, -0.05) is 17.7 Å². The number of ether oxygens (including phenoxy) is 3. The number of carbonyl (C=O) groups is 2. The molecule has 1 saturated carbocycles. The number of nitriles is 1. The maximum atomic E-state index is 17.3. The van der Waals surface area contributed by atoms with Gasteiger partial charge in [-0.05, 0) is 82.5 Å². The van der Waals surface area contributed by atoms with Crippen LogP contribution in [0.2, 0.25) is 5.02 Å². The number of amides is 1. The molecule has 5 heterocycles. The number of benzene rings is 2. The number of hydrogen-bond acceptors (Lipinski definition) is 11. The highest BCUT2D eigenvalue weighted by Crippen LogP contribution is 2.49. The number of aromatic nitrogens is 2. The summed E-state index contributed by atoms with van der Waals surface area (Å²) in [6, 6.07) is 6.04. The zero-order chi connectivity index (χ0) is 39.0. The lowest BCUT2D eigenvalue weighted by Crippen LogP contribution is -2.43. The second kappa shape index (κ2) is 14.0. The molecule has 0 bridgehead atoms. The number of rotatable bonds is 7. The average molecular weight is 797 g/mol. The molecule has 16 heteroatoms. The standard InChI is InChI=1S/C39H40ClF3N6O5S/c1-38(2,3)54-37(51)47-34-25(14-44)28-23(6-7-27(42)32(28)55-34)29-26(40)12-24-31(30(29)43)45-36(53-18-39-8-5-9-49(39)17-22(41)13-39)46-33(24)48-15-20-10-19(35(50)52-4)11-21(20)16-48/h6-7,12,19-22H,5,8-11,13,15-18H2,1-4H3,(H,47,51)/t19?,20-,21+,22-,39+/m1/s1. The van der Waals surface area contributed by atoms with Crippen LogP contribution in [0, 0.1) is 40.7 Å². The first kappa shape index (κ1) is 37.5. The predicted molar refractivity (Wildman–Crippen MR) is 202 cm³/mol. The first-order chi connectivity index (χ1) is 26.2. The second-order valence-corrected chi connectivity index (χ2v) is 17.5. The molecule has 290 valence electrons. The highest BCUT2D eigenvalue weighted by Gasteiger charge is 2.50. The van der Waals surface area contributed by atoms with Gasteiger partial charge >= 0.3 is 18.1 Å². The van der Waals surface area contributed by atoms with Gasteiger partial charge in [0.1, 0.15) is 46.6 Å². The van der Waals surface area contributed by atoms with Gasteiger partial charge in [0, 0.05) is 42.4 Å². The van der Waals surface area contributed by atoms with Crippen molar-refractivity contribution in [2.75, 3.05) is 50.1 Å². The van der Waals surface area contributed by atoms with Crippen molar-refractivity contribution in [3.8, 4) is 23.2 Å². The van der Waals surface area contributed by atoms with Gasteiger partial charge in [-0.15, -0.1) is 11.3 Å². The molecule has 1 amide bonds. The Bertz CT molecular complexity index is 2260. The van der Waals surface area contributed by atoms with Crippen molar-refractivity contribution >= 4 is 66.8 Å². The summed E-state index contributed by atoms with van der Waals surface area (Å²) in [5.74, 6) is -1.14. The maximum absolute atomic E-state index is 17.3. The van der Waals surface area contributed by atoms with Crippen molar-refractivity contribution in [3.63, 3.8) is 0 Å². The fourth-order valence-corrected chi connectivity index (χ4v) is 10.5. The Morgan fingerprint density at radius 3 is 2.60 bits per heavy atom. The van der Waals surface area contributed by atoms with E-state index < -0.39 is 35.0 Å². The summed E-state index contributed by atoms with van der Waals surface area (Å²) < 4.78 is 64.0. The van der Waals surface area contributed by atoms with Crippen LogP contribution >= 0.6 is 22.9 Å². The lowest BCUT2D eigenvalue weighted by Gasteiger charge is -2.31. The van der Waals surface area contributed by atoms with Crippen LogP contribution in [-0.4, -0.2) is 84.1 Å². The van der Waals surface area contributed by atoms with Gasteiger partial charge in [0.2, 0.25) is 0 Å². The van der Waals surface area contributed by atoms with Gasteiger partial charge in [-0.3, -0.25) is 15.0 Å². The molecular weight excluding hydrogens is 757 g/mol. The maximum Gasteiger partial charge on any atom is 0.412 e. The van der Waals surface area contributed by atoms with E-state index >= 15 is 8.78 Å². The first-order valence-electron chi connectivity index (χ1n) is 18.4. The Kier molecular flexibility index (Phi) is 9.53. The lowest BCUT2D eigenvalue weighted by atomic mass is 9.95. The van der Waals surface area contributed by atoms with Crippen LogP contribution < -0.4 is 15.0 Å². The fourth-order valence-electron chi connectivity index (χ4n) is 9.16. The Morgan fingerprint density at radius 1 is 1.16 bits per heavy atom. The third-order valence-electron chi connectivity index (χ3n) is 11.4. The number of alkyl halides is 1. The van der Waals surface area contributed by atoms with Crippen LogP contribution in [0.15, 0.2) is 18.2 Å². The highest BCUT2D eigenvalue weighted by atomic mass is 35.5. The Hall–Kier alpha value is -4.39. The molecule has 5 atom stereocenters. The van der Waals surface area contributed by atoms with Crippen LogP contribution in [0.5, 0.6) is 6.01 Å². The Labute approximate surface area is 324 Å². The normalized spacial score (nSPS) is 25.0. The van der Waals surface area contributed by atoms with Crippen molar-refractivity contribution in [3.05, 3.63) is 40.4 Å².